The molecule has 1 aromatic heterocycles. The quantitative estimate of drug-likeness (QED) is 0.644. The summed E-state index contributed by atoms with van der Waals surface area (Å²) in [7, 11) is 0. The highest BCUT2D eigenvalue weighted by atomic mass is 19.2. The Balaban J connectivity index is 1.62. The molecule has 3 nitrogen and oxygen atoms in total. The lowest BCUT2D eigenvalue weighted by Crippen LogP contribution is -2.29. The van der Waals surface area contributed by atoms with Gasteiger partial charge in [0.2, 0.25) is 11.6 Å². The summed E-state index contributed by atoms with van der Waals surface area (Å²) in [6.45, 7) is 3.11. The first-order valence-electron chi connectivity index (χ1n) is 8.28. The first kappa shape index (κ1) is 17.7. The van der Waals surface area contributed by atoms with Gasteiger partial charge >= 0.3 is 0 Å². The van der Waals surface area contributed by atoms with Gasteiger partial charge in [-0.25, -0.2) is 0 Å². The fourth-order valence-corrected chi connectivity index (χ4v) is 2.97. The second-order valence-electron chi connectivity index (χ2n) is 6.20. The third-order valence-electron chi connectivity index (χ3n) is 4.34. The summed E-state index contributed by atoms with van der Waals surface area (Å²) in [5.74, 6) is -6.39. The zero-order valence-corrected chi connectivity index (χ0v) is 13.7. The van der Waals surface area contributed by atoms with Crippen molar-refractivity contribution in [3.8, 4) is 0 Å². The fraction of sp³-hybridized carbons (Fsp3) is 0.389. The van der Waals surface area contributed by atoms with Crippen LogP contribution in [-0.4, -0.2) is 23.0 Å². The number of hydrogen-bond acceptors (Lipinski definition) is 3. The maximum absolute atomic E-state index is 13.6. The minimum atomic E-state index is -1.67. The number of likely N-dealkylation sites (tertiary alicyclic amines) is 1. The molecule has 1 aliphatic heterocycles. The number of nitrogens with zero attached hydrogens (tertiary/aromatic N) is 2. The highest BCUT2D eigenvalue weighted by molar-refractivity contribution is 5.46. The Bertz CT molecular complexity index is 702. The van der Waals surface area contributed by atoms with E-state index in [2.05, 4.69) is 15.2 Å². The van der Waals surface area contributed by atoms with E-state index in [1.807, 2.05) is 24.3 Å². The first-order valence-corrected chi connectivity index (χ1v) is 8.28. The molecule has 2 aromatic rings. The molecule has 3 rings (SSSR count). The molecule has 1 aromatic carbocycles. The van der Waals surface area contributed by atoms with Crippen LogP contribution in [0.5, 0.6) is 0 Å². The van der Waals surface area contributed by atoms with Crippen LogP contribution < -0.4 is 5.32 Å². The van der Waals surface area contributed by atoms with Crippen molar-refractivity contribution < 1.29 is 17.6 Å². The Morgan fingerprint density at radius 3 is 2.00 bits per heavy atom. The molecule has 0 radical (unpaired) electrons. The van der Waals surface area contributed by atoms with Crippen molar-refractivity contribution in [1.29, 1.82) is 0 Å². The van der Waals surface area contributed by atoms with Crippen molar-refractivity contribution in [3.63, 3.8) is 0 Å². The van der Waals surface area contributed by atoms with E-state index in [0.29, 0.717) is 0 Å². The van der Waals surface area contributed by atoms with Crippen molar-refractivity contribution in [2.45, 2.75) is 32.4 Å². The van der Waals surface area contributed by atoms with Gasteiger partial charge in [0.25, 0.3) is 11.9 Å². The van der Waals surface area contributed by atoms with Crippen molar-refractivity contribution in [2.75, 3.05) is 18.4 Å². The van der Waals surface area contributed by atoms with Gasteiger partial charge in [-0.3, -0.25) is 4.90 Å². The second-order valence-corrected chi connectivity index (χ2v) is 6.20. The lowest BCUT2D eigenvalue weighted by atomic mass is 10.1. The average molecular weight is 353 g/mol. The van der Waals surface area contributed by atoms with Crippen LogP contribution in [0.2, 0.25) is 0 Å². The van der Waals surface area contributed by atoms with Crippen LogP contribution in [0.4, 0.5) is 23.2 Å². The minimum Gasteiger partial charge on any atom is -0.376 e. The molecule has 1 saturated heterocycles. The zero-order valence-electron chi connectivity index (χ0n) is 13.7. The number of pyridine rings is 1. The van der Waals surface area contributed by atoms with Crippen LogP contribution in [0.1, 0.15) is 30.4 Å². The van der Waals surface area contributed by atoms with Crippen molar-refractivity contribution >= 4 is 5.69 Å². The van der Waals surface area contributed by atoms with Gasteiger partial charge in [0.1, 0.15) is 5.69 Å². The molecule has 0 unspecified atom stereocenters. The fourth-order valence-electron chi connectivity index (χ4n) is 2.97. The summed E-state index contributed by atoms with van der Waals surface area (Å²) in [6.07, 6.45) is 3.72. The van der Waals surface area contributed by atoms with E-state index >= 15 is 0 Å². The van der Waals surface area contributed by atoms with Gasteiger partial charge in [0.15, 0.2) is 0 Å². The molecule has 1 fully saturated rings. The zero-order chi connectivity index (χ0) is 17.8. The Labute approximate surface area is 143 Å². The van der Waals surface area contributed by atoms with Gasteiger partial charge in [-0.2, -0.15) is 22.5 Å². The van der Waals surface area contributed by atoms with E-state index < -0.39 is 29.2 Å². The number of hydrogen-bond donors (Lipinski definition) is 1. The van der Waals surface area contributed by atoms with E-state index in [9.17, 15) is 17.6 Å². The number of benzene rings is 1. The Kier molecular flexibility index (Phi) is 5.53. The summed E-state index contributed by atoms with van der Waals surface area (Å²) < 4.78 is 53.3. The molecular formula is C18H19F4N3. The molecule has 0 saturated carbocycles. The predicted molar refractivity (Wildman–Crippen MR) is 87.0 cm³/mol. The minimum absolute atomic E-state index is 0.0424. The van der Waals surface area contributed by atoms with Gasteiger partial charge in [0, 0.05) is 13.1 Å². The summed E-state index contributed by atoms with van der Waals surface area (Å²) in [5, 5.41) is 2.40. The molecule has 0 aliphatic carbocycles. The number of aromatic nitrogens is 1. The largest absolute Gasteiger partial charge is 0.376 e. The molecule has 0 amide bonds. The van der Waals surface area contributed by atoms with Crippen molar-refractivity contribution in [3.05, 3.63) is 58.9 Å². The Morgan fingerprint density at radius 1 is 0.840 bits per heavy atom. The van der Waals surface area contributed by atoms with Crippen LogP contribution in [0.15, 0.2) is 24.3 Å². The SMILES string of the molecule is Fc1nc(F)c(F)c(NCc2ccc(CN3CCCCC3)cc2)c1F. The third kappa shape index (κ3) is 4.28. The highest BCUT2D eigenvalue weighted by Gasteiger charge is 2.20. The molecule has 1 aliphatic rings. The number of rotatable bonds is 5. The second kappa shape index (κ2) is 7.82. The van der Waals surface area contributed by atoms with E-state index in [4.69, 9.17) is 0 Å². The maximum Gasteiger partial charge on any atom is 0.253 e. The highest BCUT2D eigenvalue weighted by Crippen LogP contribution is 2.23. The van der Waals surface area contributed by atoms with Crippen LogP contribution in [0, 0.1) is 23.5 Å². The normalized spacial score (nSPS) is 15.4. The summed E-state index contributed by atoms with van der Waals surface area (Å²) in [6, 6.07) is 7.56. The van der Waals surface area contributed by atoms with Crippen molar-refractivity contribution in [2.24, 2.45) is 0 Å². The molecule has 134 valence electrons. The maximum atomic E-state index is 13.6. The molecule has 2 heterocycles. The molecule has 7 heteroatoms. The molecule has 0 spiro atoms. The standard InChI is InChI=1S/C18H19F4N3/c19-14-16(15(20)18(22)24-17(14)21)23-10-12-4-6-13(7-5-12)11-25-8-2-1-3-9-25/h4-7H,1-3,8-11H2,(H,23,24). The van der Waals surface area contributed by atoms with Gasteiger partial charge in [0.05, 0.1) is 0 Å². The lowest BCUT2D eigenvalue weighted by molar-refractivity contribution is 0.221. The molecule has 0 atom stereocenters. The first-order chi connectivity index (χ1) is 12.0. The van der Waals surface area contributed by atoms with Crippen LogP contribution in [0.3, 0.4) is 0 Å². The van der Waals surface area contributed by atoms with Gasteiger partial charge in [-0.15, -0.1) is 0 Å². The topological polar surface area (TPSA) is 28.2 Å². The van der Waals surface area contributed by atoms with Gasteiger partial charge < -0.3 is 5.32 Å². The third-order valence-corrected chi connectivity index (χ3v) is 4.34. The molecule has 0 bridgehead atoms. The van der Waals surface area contributed by atoms with Gasteiger partial charge in [-0.05, 0) is 37.1 Å². The van der Waals surface area contributed by atoms with Crippen molar-refractivity contribution in [1.82, 2.24) is 9.88 Å². The number of piperidine rings is 1. The number of nitrogens with one attached hydrogen (secondary N) is 1. The summed E-state index contributed by atoms with van der Waals surface area (Å²) in [5.41, 5.74) is 1.06. The van der Waals surface area contributed by atoms with E-state index in [-0.39, 0.29) is 6.54 Å². The smallest absolute Gasteiger partial charge is 0.253 e. The van der Waals surface area contributed by atoms with E-state index in [1.54, 1.807) is 0 Å². The molecular weight excluding hydrogens is 334 g/mol. The lowest BCUT2D eigenvalue weighted by Gasteiger charge is -2.26. The number of halogens is 4. The van der Waals surface area contributed by atoms with E-state index in [0.717, 1.165) is 30.8 Å². The van der Waals surface area contributed by atoms with Crippen LogP contribution in [-0.2, 0) is 13.1 Å². The average Bonchev–Trinajstić information content (AvgIpc) is 2.62. The predicted octanol–water partition coefficient (Wildman–Crippen LogP) is 4.24. The Morgan fingerprint density at radius 2 is 1.40 bits per heavy atom. The van der Waals surface area contributed by atoms with Crippen LogP contribution in [0.25, 0.3) is 0 Å². The van der Waals surface area contributed by atoms with Crippen LogP contribution >= 0.6 is 0 Å². The molecule has 1 N–H and O–H groups in total. The number of anilines is 1. The van der Waals surface area contributed by atoms with E-state index in [1.165, 1.54) is 19.3 Å². The summed E-state index contributed by atoms with van der Waals surface area (Å²) >= 11 is 0. The monoisotopic (exact) mass is 353 g/mol. The molecule has 25 heavy (non-hydrogen) atoms. The van der Waals surface area contributed by atoms with Gasteiger partial charge in [-0.1, -0.05) is 30.7 Å². The summed E-state index contributed by atoms with van der Waals surface area (Å²) in [4.78, 5) is 4.92. The Hall–Kier alpha value is -2.15.